The molecule has 0 spiro atoms. The molecule has 1 aliphatic heterocycles. The van der Waals surface area contributed by atoms with Crippen LogP contribution >= 0.6 is 0 Å². The Morgan fingerprint density at radius 1 is 1.36 bits per heavy atom. The molecule has 6 heteroatoms. The van der Waals surface area contributed by atoms with Gasteiger partial charge in [0, 0.05) is 31.5 Å². The fraction of sp³-hybridized carbons (Fsp3) is 0.526. The Morgan fingerprint density at radius 3 is 2.72 bits per heavy atom. The normalized spacial score (nSPS) is 15.6. The molecule has 2 N–H and O–H groups in total. The number of carbonyl (C=O) groups is 1. The lowest BCUT2D eigenvalue weighted by Gasteiger charge is -2.31. The van der Waals surface area contributed by atoms with Crippen LogP contribution in [0.2, 0.25) is 0 Å². The highest BCUT2D eigenvalue weighted by atomic mass is 16.1. The van der Waals surface area contributed by atoms with E-state index in [1.807, 2.05) is 18.3 Å². The second-order valence-corrected chi connectivity index (χ2v) is 7.24. The van der Waals surface area contributed by atoms with E-state index in [0.717, 1.165) is 36.1 Å². The molecule has 0 saturated carbocycles. The maximum atomic E-state index is 12.2. The van der Waals surface area contributed by atoms with Crippen LogP contribution in [0.15, 0.2) is 24.4 Å². The molecule has 6 nitrogen and oxygen atoms in total. The largest absolute Gasteiger partial charge is 0.357 e. The lowest BCUT2D eigenvalue weighted by Crippen LogP contribution is -2.33. The van der Waals surface area contributed by atoms with Gasteiger partial charge in [0.05, 0.1) is 0 Å². The van der Waals surface area contributed by atoms with Crippen molar-refractivity contribution in [1.29, 1.82) is 0 Å². The molecule has 1 fully saturated rings. The summed E-state index contributed by atoms with van der Waals surface area (Å²) in [5.74, 6) is 1.99. The van der Waals surface area contributed by atoms with Crippen LogP contribution in [0.3, 0.4) is 0 Å². The molecule has 1 aliphatic rings. The number of aromatic amines is 1. The number of aromatic nitrogens is 3. The van der Waals surface area contributed by atoms with Crippen LogP contribution in [0.4, 0.5) is 5.82 Å². The van der Waals surface area contributed by atoms with Gasteiger partial charge in [0.2, 0.25) is 0 Å². The average Bonchev–Trinajstić information content (AvgIpc) is 3.11. The highest BCUT2D eigenvalue weighted by Gasteiger charge is 2.17. The topological polar surface area (TPSA) is 73.9 Å². The SMILES string of the molecule is CC1CCN(c2ccc(CNC(=O)c3cc(C(C)C)[nH]n3)cn2)CC1. The second-order valence-electron chi connectivity index (χ2n) is 7.24. The molecule has 2 aromatic heterocycles. The van der Waals surface area contributed by atoms with Crippen molar-refractivity contribution in [3.8, 4) is 0 Å². The Labute approximate surface area is 149 Å². The highest BCUT2D eigenvalue weighted by molar-refractivity contribution is 5.92. The smallest absolute Gasteiger partial charge is 0.272 e. The van der Waals surface area contributed by atoms with Crippen molar-refractivity contribution in [3.05, 3.63) is 41.3 Å². The van der Waals surface area contributed by atoms with Gasteiger partial charge in [-0.2, -0.15) is 5.10 Å². The van der Waals surface area contributed by atoms with Crippen molar-refractivity contribution in [2.75, 3.05) is 18.0 Å². The van der Waals surface area contributed by atoms with Crippen molar-refractivity contribution in [1.82, 2.24) is 20.5 Å². The number of hydrogen-bond donors (Lipinski definition) is 2. The van der Waals surface area contributed by atoms with Crippen LogP contribution in [0.1, 0.15) is 61.3 Å². The summed E-state index contributed by atoms with van der Waals surface area (Å²) in [6, 6.07) is 5.88. The molecule has 0 aromatic carbocycles. The van der Waals surface area contributed by atoms with Crippen LogP contribution in [0, 0.1) is 5.92 Å². The quantitative estimate of drug-likeness (QED) is 0.876. The lowest BCUT2D eigenvalue weighted by molar-refractivity contribution is 0.0946. The van der Waals surface area contributed by atoms with E-state index in [-0.39, 0.29) is 5.91 Å². The van der Waals surface area contributed by atoms with Crippen molar-refractivity contribution in [2.45, 2.75) is 46.1 Å². The monoisotopic (exact) mass is 341 g/mol. The molecular formula is C19H27N5O. The summed E-state index contributed by atoms with van der Waals surface area (Å²) in [4.78, 5) is 19.1. The number of nitrogens with one attached hydrogen (secondary N) is 2. The molecule has 1 saturated heterocycles. The number of pyridine rings is 1. The zero-order chi connectivity index (χ0) is 17.8. The molecule has 1 amide bonds. The summed E-state index contributed by atoms with van der Waals surface area (Å²) in [6.07, 6.45) is 4.29. The third kappa shape index (κ3) is 4.38. The Bertz CT molecular complexity index is 699. The van der Waals surface area contributed by atoms with Crippen molar-refractivity contribution in [3.63, 3.8) is 0 Å². The van der Waals surface area contributed by atoms with E-state index in [0.29, 0.717) is 18.2 Å². The fourth-order valence-corrected chi connectivity index (χ4v) is 2.97. The first kappa shape index (κ1) is 17.5. The van der Waals surface area contributed by atoms with Crippen molar-refractivity contribution < 1.29 is 4.79 Å². The Morgan fingerprint density at radius 2 is 2.12 bits per heavy atom. The van der Waals surface area contributed by atoms with Gasteiger partial charge < -0.3 is 10.2 Å². The second kappa shape index (κ2) is 7.68. The van der Waals surface area contributed by atoms with Gasteiger partial charge in [-0.3, -0.25) is 9.89 Å². The van der Waals surface area contributed by atoms with Gasteiger partial charge in [-0.05, 0) is 42.4 Å². The van der Waals surface area contributed by atoms with Gasteiger partial charge in [0.15, 0.2) is 0 Å². The van der Waals surface area contributed by atoms with Gasteiger partial charge in [-0.15, -0.1) is 0 Å². The molecule has 0 atom stereocenters. The van der Waals surface area contributed by atoms with Gasteiger partial charge in [-0.1, -0.05) is 26.8 Å². The van der Waals surface area contributed by atoms with Crippen molar-refractivity contribution in [2.24, 2.45) is 5.92 Å². The Balaban J connectivity index is 1.53. The molecule has 0 aliphatic carbocycles. The van der Waals surface area contributed by atoms with Gasteiger partial charge in [-0.25, -0.2) is 4.98 Å². The third-order valence-corrected chi connectivity index (χ3v) is 4.82. The number of H-pyrrole nitrogens is 1. The maximum Gasteiger partial charge on any atom is 0.272 e. The van der Waals surface area contributed by atoms with Crippen LogP contribution < -0.4 is 10.2 Å². The number of hydrogen-bond acceptors (Lipinski definition) is 4. The standard InChI is InChI=1S/C19H27N5O/c1-13(2)16-10-17(23-22-16)19(25)21-12-15-4-5-18(20-11-15)24-8-6-14(3)7-9-24/h4-5,10-11,13-14H,6-9,12H2,1-3H3,(H,21,25)(H,22,23). The molecule has 0 unspecified atom stereocenters. The molecule has 3 rings (SSSR count). The van der Waals surface area contributed by atoms with Crippen LogP contribution in [-0.2, 0) is 6.54 Å². The van der Waals surface area contributed by atoms with Crippen molar-refractivity contribution >= 4 is 11.7 Å². The molecule has 0 bridgehead atoms. The number of nitrogens with zero attached hydrogens (tertiary/aromatic N) is 3. The molecule has 134 valence electrons. The molecule has 2 aromatic rings. The average molecular weight is 341 g/mol. The zero-order valence-electron chi connectivity index (χ0n) is 15.2. The minimum absolute atomic E-state index is 0.169. The van der Waals surface area contributed by atoms with Gasteiger partial charge >= 0.3 is 0 Å². The van der Waals surface area contributed by atoms with E-state index in [4.69, 9.17) is 0 Å². The van der Waals surface area contributed by atoms with E-state index in [9.17, 15) is 4.79 Å². The molecular weight excluding hydrogens is 314 g/mol. The number of piperidine rings is 1. The molecule has 25 heavy (non-hydrogen) atoms. The predicted octanol–water partition coefficient (Wildman–Crippen LogP) is 3.09. The van der Waals surface area contributed by atoms with Crippen LogP contribution in [0.5, 0.6) is 0 Å². The highest BCUT2D eigenvalue weighted by Crippen LogP contribution is 2.21. The summed E-state index contributed by atoms with van der Waals surface area (Å²) >= 11 is 0. The first-order valence-corrected chi connectivity index (χ1v) is 9.06. The number of anilines is 1. The van der Waals surface area contributed by atoms with Crippen LogP contribution in [-0.4, -0.2) is 34.2 Å². The van der Waals surface area contributed by atoms with Gasteiger partial charge in [0.1, 0.15) is 11.5 Å². The first-order chi connectivity index (χ1) is 12.0. The van der Waals surface area contributed by atoms with E-state index in [1.54, 1.807) is 6.07 Å². The van der Waals surface area contributed by atoms with Gasteiger partial charge in [0.25, 0.3) is 5.91 Å². The zero-order valence-corrected chi connectivity index (χ0v) is 15.2. The lowest BCUT2D eigenvalue weighted by atomic mass is 9.99. The number of rotatable bonds is 5. The van der Waals surface area contributed by atoms with E-state index in [1.165, 1.54) is 12.8 Å². The third-order valence-electron chi connectivity index (χ3n) is 4.82. The summed E-state index contributed by atoms with van der Waals surface area (Å²) in [7, 11) is 0. The predicted molar refractivity (Wildman–Crippen MR) is 98.7 cm³/mol. The summed E-state index contributed by atoms with van der Waals surface area (Å²) < 4.78 is 0. The Kier molecular flexibility index (Phi) is 5.36. The number of amides is 1. The summed E-state index contributed by atoms with van der Waals surface area (Å²) in [5, 5.41) is 9.87. The summed E-state index contributed by atoms with van der Waals surface area (Å²) in [5.41, 5.74) is 2.38. The maximum absolute atomic E-state index is 12.2. The molecule has 3 heterocycles. The molecule has 0 radical (unpaired) electrons. The Hall–Kier alpha value is -2.37. The van der Waals surface area contributed by atoms with E-state index >= 15 is 0 Å². The minimum Gasteiger partial charge on any atom is -0.357 e. The fourth-order valence-electron chi connectivity index (χ4n) is 2.97. The van der Waals surface area contributed by atoms with E-state index in [2.05, 4.69) is 46.2 Å². The van der Waals surface area contributed by atoms with Crippen LogP contribution in [0.25, 0.3) is 0 Å². The number of carbonyl (C=O) groups excluding carboxylic acids is 1. The minimum atomic E-state index is -0.169. The van der Waals surface area contributed by atoms with E-state index < -0.39 is 0 Å². The first-order valence-electron chi connectivity index (χ1n) is 9.06. The summed E-state index contributed by atoms with van der Waals surface area (Å²) in [6.45, 7) is 9.02.